The van der Waals surface area contributed by atoms with E-state index < -0.39 is 0 Å². The number of nitrogens with zero attached hydrogens (tertiary/aromatic N) is 5. The molecule has 0 radical (unpaired) electrons. The van der Waals surface area contributed by atoms with E-state index in [2.05, 4.69) is 29.1 Å². The third-order valence-electron chi connectivity index (χ3n) is 4.22. The summed E-state index contributed by atoms with van der Waals surface area (Å²) < 4.78 is 1.65. The van der Waals surface area contributed by atoms with Crippen molar-refractivity contribution in [3.63, 3.8) is 0 Å². The molecule has 1 unspecified atom stereocenters. The van der Waals surface area contributed by atoms with Gasteiger partial charge in [-0.05, 0) is 39.4 Å². The molecule has 1 fully saturated rings. The van der Waals surface area contributed by atoms with Crippen molar-refractivity contribution in [2.24, 2.45) is 0 Å². The molecule has 1 amide bonds. The Kier molecular flexibility index (Phi) is 3.88. The van der Waals surface area contributed by atoms with Crippen molar-refractivity contribution < 1.29 is 4.79 Å². The summed E-state index contributed by atoms with van der Waals surface area (Å²) in [5, 5.41) is 4.20. The number of aromatic nitrogens is 3. The van der Waals surface area contributed by atoms with E-state index in [9.17, 15) is 4.79 Å². The molecular formula is C15H21N5O. The van der Waals surface area contributed by atoms with Crippen LogP contribution in [-0.2, 0) is 0 Å². The minimum Gasteiger partial charge on any atom is -0.338 e. The number of amides is 1. The smallest absolute Gasteiger partial charge is 0.259 e. The van der Waals surface area contributed by atoms with E-state index in [0.29, 0.717) is 17.3 Å². The lowest BCUT2D eigenvalue weighted by molar-refractivity contribution is 0.0760. The predicted octanol–water partition coefficient (Wildman–Crippen LogP) is 1.29. The average Bonchev–Trinajstić information content (AvgIpc) is 2.75. The largest absolute Gasteiger partial charge is 0.338 e. The molecule has 6 nitrogen and oxygen atoms in total. The second-order valence-electron chi connectivity index (χ2n) is 5.79. The minimum absolute atomic E-state index is 0.0445. The molecular weight excluding hydrogens is 266 g/mol. The molecule has 2 aromatic heterocycles. The lowest BCUT2D eigenvalue weighted by Gasteiger charge is -2.23. The number of carbonyl (C=O) groups is 1. The minimum atomic E-state index is 0.0445. The van der Waals surface area contributed by atoms with Crippen LogP contribution in [0, 0.1) is 0 Å². The Bertz CT molecular complexity index is 636. The van der Waals surface area contributed by atoms with Gasteiger partial charge in [-0.1, -0.05) is 0 Å². The van der Waals surface area contributed by atoms with Gasteiger partial charge in [-0.3, -0.25) is 4.79 Å². The molecule has 1 atom stereocenters. The number of hydrogen-bond donors (Lipinski definition) is 0. The number of likely N-dealkylation sites (tertiary alicyclic amines) is 1. The van der Waals surface area contributed by atoms with Crippen LogP contribution in [0.4, 0.5) is 0 Å². The number of rotatable bonds is 2. The maximum atomic E-state index is 12.7. The van der Waals surface area contributed by atoms with E-state index in [0.717, 1.165) is 32.4 Å². The van der Waals surface area contributed by atoms with Crippen LogP contribution in [0.2, 0.25) is 0 Å². The van der Waals surface area contributed by atoms with Crippen LogP contribution in [0.3, 0.4) is 0 Å². The van der Waals surface area contributed by atoms with E-state index in [4.69, 9.17) is 0 Å². The SMILES string of the molecule is CN(C)C1CCCN(C(=O)c2cnn3cccnc23)CC1. The summed E-state index contributed by atoms with van der Waals surface area (Å²) in [5.74, 6) is 0.0445. The van der Waals surface area contributed by atoms with E-state index in [1.807, 2.05) is 17.2 Å². The van der Waals surface area contributed by atoms with Crippen LogP contribution in [0.1, 0.15) is 29.6 Å². The Morgan fingerprint density at radius 2 is 2.19 bits per heavy atom. The van der Waals surface area contributed by atoms with Crippen molar-refractivity contribution in [2.75, 3.05) is 27.2 Å². The van der Waals surface area contributed by atoms with E-state index in [-0.39, 0.29) is 5.91 Å². The fourth-order valence-electron chi connectivity index (χ4n) is 2.95. The Morgan fingerprint density at radius 1 is 1.33 bits per heavy atom. The van der Waals surface area contributed by atoms with Gasteiger partial charge in [0.25, 0.3) is 5.91 Å². The second-order valence-corrected chi connectivity index (χ2v) is 5.79. The lowest BCUT2D eigenvalue weighted by atomic mass is 10.1. The quantitative estimate of drug-likeness (QED) is 0.835. The molecule has 1 saturated heterocycles. The molecule has 0 saturated carbocycles. The van der Waals surface area contributed by atoms with E-state index in [1.165, 1.54) is 0 Å². The zero-order valence-electron chi connectivity index (χ0n) is 12.6. The summed E-state index contributed by atoms with van der Waals surface area (Å²) in [6.07, 6.45) is 8.33. The molecule has 3 rings (SSSR count). The van der Waals surface area contributed by atoms with Crippen LogP contribution in [-0.4, -0.2) is 63.5 Å². The zero-order valence-corrected chi connectivity index (χ0v) is 12.6. The van der Waals surface area contributed by atoms with Gasteiger partial charge in [0.1, 0.15) is 5.56 Å². The van der Waals surface area contributed by atoms with Gasteiger partial charge in [0.05, 0.1) is 6.20 Å². The third kappa shape index (κ3) is 2.76. The van der Waals surface area contributed by atoms with Crippen molar-refractivity contribution in [1.29, 1.82) is 0 Å². The van der Waals surface area contributed by atoms with E-state index >= 15 is 0 Å². The van der Waals surface area contributed by atoms with Crippen LogP contribution in [0.15, 0.2) is 24.7 Å². The lowest BCUT2D eigenvalue weighted by Crippen LogP contribution is -2.33. The fraction of sp³-hybridized carbons (Fsp3) is 0.533. The van der Waals surface area contributed by atoms with Crippen molar-refractivity contribution in [1.82, 2.24) is 24.4 Å². The third-order valence-corrected chi connectivity index (χ3v) is 4.22. The Morgan fingerprint density at radius 3 is 3.00 bits per heavy atom. The van der Waals surface area contributed by atoms with Crippen molar-refractivity contribution in [3.8, 4) is 0 Å². The molecule has 0 spiro atoms. The summed E-state index contributed by atoms with van der Waals surface area (Å²) in [4.78, 5) is 21.2. The molecule has 0 aromatic carbocycles. The van der Waals surface area contributed by atoms with Gasteiger partial charge in [0.2, 0.25) is 0 Å². The van der Waals surface area contributed by atoms with E-state index in [1.54, 1.807) is 16.9 Å². The fourth-order valence-corrected chi connectivity index (χ4v) is 2.95. The first-order chi connectivity index (χ1) is 10.2. The van der Waals surface area contributed by atoms with Gasteiger partial charge >= 0.3 is 0 Å². The molecule has 3 heterocycles. The first-order valence-electron chi connectivity index (χ1n) is 7.41. The summed E-state index contributed by atoms with van der Waals surface area (Å²) in [6.45, 7) is 1.61. The van der Waals surface area contributed by atoms with Crippen LogP contribution < -0.4 is 0 Å². The summed E-state index contributed by atoms with van der Waals surface area (Å²) in [7, 11) is 4.22. The van der Waals surface area contributed by atoms with Gasteiger partial charge in [0.15, 0.2) is 5.65 Å². The maximum Gasteiger partial charge on any atom is 0.259 e. The Hall–Kier alpha value is -1.95. The summed E-state index contributed by atoms with van der Waals surface area (Å²) in [5.41, 5.74) is 1.23. The molecule has 0 aliphatic carbocycles. The highest BCUT2D eigenvalue weighted by Gasteiger charge is 2.24. The molecule has 112 valence electrons. The van der Waals surface area contributed by atoms with Crippen molar-refractivity contribution in [2.45, 2.75) is 25.3 Å². The Labute approximate surface area is 124 Å². The first-order valence-corrected chi connectivity index (χ1v) is 7.41. The van der Waals surface area contributed by atoms with Crippen LogP contribution in [0.5, 0.6) is 0 Å². The van der Waals surface area contributed by atoms with Crippen LogP contribution >= 0.6 is 0 Å². The van der Waals surface area contributed by atoms with Gasteiger partial charge in [0, 0.05) is 31.5 Å². The van der Waals surface area contributed by atoms with Crippen molar-refractivity contribution >= 4 is 11.6 Å². The summed E-state index contributed by atoms with van der Waals surface area (Å²) in [6, 6.07) is 2.37. The highest BCUT2D eigenvalue weighted by Crippen LogP contribution is 2.18. The molecule has 0 N–H and O–H groups in total. The van der Waals surface area contributed by atoms with Gasteiger partial charge in [-0.2, -0.15) is 5.10 Å². The topological polar surface area (TPSA) is 53.7 Å². The summed E-state index contributed by atoms with van der Waals surface area (Å²) >= 11 is 0. The molecule has 1 aliphatic rings. The maximum absolute atomic E-state index is 12.7. The second kappa shape index (κ2) is 5.81. The highest BCUT2D eigenvalue weighted by molar-refractivity contribution is 5.99. The van der Waals surface area contributed by atoms with Gasteiger partial charge < -0.3 is 9.80 Å². The molecule has 21 heavy (non-hydrogen) atoms. The highest BCUT2D eigenvalue weighted by atomic mass is 16.2. The van der Waals surface area contributed by atoms with Crippen LogP contribution in [0.25, 0.3) is 5.65 Å². The zero-order chi connectivity index (χ0) is 14.8. The van der Waals surface area contributed by atoms with Crippen molar-refractivity contribution in [3.05, 3.63) is 30.2 Å². The predicted molar refractivity (Wildman–Crippen MR) is 80.2 cm³/mol. The number of hydrogen-bond acceptors (Lipinski definition) is 4. The normalized spacial score (nSPS) is 20.0. The Balaban J connectivity index is 1.79. The molecule has 1 aliphatic heterocycles. The first kappa shape index (κ1) is 14.0. The number of fused-ring (bicyclic) bond motifs is 1. The monoisotopic (exact) mass is 287 g/mol. The van der Waals surface area contributed by atoms with Gasteiger partial charge in [-0.15, -0.1) is 0 Å². The molecule has 2 aromatic rings. The average molecular weight is 287 g/mol. The number of carbonyl (C=O) groups excluding carboxylic acids is 1. The molecule has 0 bridgehead atoms. The molecule has 6 heteroatoms. The van der Waals surface area contributed by atoms with Gasteiger partial charge in [-0.25, -0.2) is 9.50 Å². The standard InChI is InChI=1S/C15H21N5O/c1-18(2)12-5-3-8-19(10-6-12)15(21)13-11-17-20-9-4-7-16-14(13)20/h4,7,9,11-12H,3,5-6,8,10H2,1-2H3.